The molecule has 1 atom stereocenters. The number of nitro groups is 1. The van der Waals surface area contributed by atoms with E-state index in [0.717, 1.165) is 24.2 Å². The van der Waals surface area contributed by atoms with Crippen molar-refractivity contribution in [3.63, 3.8) is 0 Å². The van der Waals surface area contributed by atoms with Crippen LogP contribution in [0.3, 0.4) is 0 Å². The number of nitrogens with zero attached hydrogens (tertiary/aromatic N) is 2. The lowest BCUT2D eigenvalue weighted by Gasteiger charge is -2.25. The van der Waals surface area contributed by atoms with E-state index in [-0.39, 0.29) is 16.5 Å². The number of piperidine rings is 1. The molecule has 3 rings (SSSR count). The summed E-state index contributed by atoms with van der Waals surface area (Å²) < 4.78 is 26.9. The Morgan fingerprint density at radius 3 is 2.23 bits per heavy atom. The molecule has 1 N–H and O–H groups in total. The van der Waals surface area contributed by atoms with Gasteiger partial charge in [-0.2, -0.15) is 4.31 Å². The average Bonchev–Trinajstić information content (AvgIpc) is 2.75. The summed E-state index contributed by atoms with van der Waals surface area (Å²) in [6, 6.07) is 12.2. The zero-order chi connectivity index (χ0) is 21.7. The van der Waals surface area contributed by atoms with Crippen LogP contribution in [0, 0.1) is 10.1 Å². The number of rotatable bonds is 7. The average molecular weight is 450 g/mol. The molecular formula is C20H23N3O5S2. The zero-order valence-corrected chi connectivity index (χ0v) is 18.1. The van der Waals surface area contributed by atoms with Gasteiger partial charge >= 0.3 is 0 Å². The number of anilines is 1. The molecule has 1 saturated heterocycles. The largest absolute Gasteiger partial charge is 0.325 e. The van der Waals surface area contributed by atoms with E-state index in [1.165, 1.54) is 40.3 Å². The number of hydrogen-bond acceptors (Lipinski definition) is 6. The fourth-order valence-electron chi connectivity index (χ4n) is 3.11. The molecular weight excluding hydrogens is 426 g/mol. The van der Waals surface area contributed by atoms with Crippen molar-refractivity contribution in [3.8, 4) is 0 Å². The van der Waals surface area contributed by atoms with E-state index >= 15 is 0 Å². The van der Waals surface area contributed by atoms with Gasteiger partial charge in [0.15, 0.2) is 0 Å². The molecule has 30 heavy (non-hydrogen) atoms. The van der Waals surface area contributed by atoms with Crippen molar-refractivity contribution < 1.29 is 18.1 Å². The number of carbonyl (C=O) groups excluding carboxylic acids is 1. The van der Waals surface area contributed by atoms with Gasteiger partial charge in [0, 0.05) is 35.8 Å². The second-order valence-corrected chi connectivity index (χ2v) is 10.3. The monoisotopic (exact) mass is 449 g/mol. The smallest absolute Gasteiger partial charge is 0.269 e. The van der Waals surface area contributed by atoms with Crippen LogP contribution >= 0.6 is 11.8 Å². The summed E-state index contributed by atoms with van der Waals surface area (Å²) in [5, 5.41) is 13.0. The third kappa shape index (κ3) is 5.38. The van der Waals surface area contributed by atoms with E-state index in [0.29, 0.717) is 18.8 Å². The van der Waals surface area contributed by atoms with Crippen LogP contribution in [0.25, 0.3) is 0 Å². The topological polar surface area (TPSA) is 110 Å². The Labute approximate surface area is 179 Å². The first-order valence-corrected chi connectivity index (χ1v) is 11.9. The number of non-ortho nitro benzene ring substituents is 1. The maximum Gasteiger partial charge on any atom is 0.269 e. The van der Waals surface area contributed by atoms with Gasteiger partial charge in [0.2, 0.25) is 15.9 Å². The number of amides is 1. The van der Waals surface area contributed by atoms with Gasteiger partial charge in [-0.1, -0.05) is 6.42 Å². The summed E-state index contributed by atoms with van der Waals surface area (Å²) in [7, 11) is -3.51. The predicted octanol–water partition coefficient (Wildman–Crippen LogP) is 3.89. The molecule has 0 spiro atoms. The Morgan fingerprint density at radius 1 is 1.07 bits per heavy atom. The third-order valence-corrected chi connectivity index (χ3v) is 7.83. The molecule has 1 aliphatic rings. The van der Waals surface area contributed by atoms with E-state index in [9.17, 15) is 23.3 Å². The fraction of sp³-hybridized carbons (Fsp3) is 0.350. The van der Waals surface area contributed by atoms with Crippen LogP contribution in [0.2, 0.25) is 0 Å². The minimum atomic E-state index is -3.51. The molecule has 1 aliphatic heterocycles. The highest BCUT2D eigenvalue weighted by Crippen LogP contribution is 2.27. The number of carbonyl (C=O) groups is 1. The minimum absolute atomic E-state index is 0.00366. The number of thioether (sulfide) groups is 1. The zero-order valence-electron chi connectivity index (χ0n) is 16.5. The van der Waals surface area contributed by atoms with Crippen molar-refractivity contribution in [3.05, 3.63) is 58.6 Å². The Balaban J connectivity index is 1.60. The molecule has 1 amide bonds. The van der Waals surface area contributed by atoms with Crippen molar-refractivity contribution >= 4 is 39.1 Å². The summed E-state index contributed by atoms with van der Waals surface area (Å²) in [4.78, 5) is 23.7. The number of benzene rings is 2. The van der Waals surface area contributed by atoms with E-state index in [2.05, 4.69) is 5.32 Å². The maximum atomic E-state index is 12.7. The molecule has 1 fully saturated rings. The number of nitrogens with one attached hydrogen (secondary N) is 1. The van der Waals surface area contributed by atoms with Crippen molar-refractivity contribution in [2.24, 2.45) is 0 Å². The van der Waals surface area contributed by atoms with Gasteiger partial charge in [0.25, 0.3) is 5.69 Å². The fourth-order valence-corrected chi connectivity index (χ4v) is 5.50. The molecule has 0 aromatic heterocycles. The van der Waals surface area contributed by atoms with Crippen LogP contribution in [-0.2, 0) is 14.8 Å². The summed E-state index contributed by atoms with van der Waals surface area (Å²) in [6.45, 7) is 2.81. The summed E-state index contributed by atoms with van der Waals surface area (Å²) in [5.74, 6) is -0.245. The molecule has 0 saturated carbocycles. The Kier molecular flexibility index (Phi) is 7.11. The predicted molar refractivity (Wildman–Crippen MR) is 116 cm³/mol. The van der Waals surface area contributed by atoms with Crippen molar-refractivity contribution in [2.45, 2.75) is 41.2 Å². The molecule has 0 radical (unpaired) electrons. The Bertz CT molecular complexity index is 1000. The van der Waals surface area contributed by atoms with Crippen LogP contribution in [0.1, 0.15) is 26.2 Å². The van der Waals surface area contributed by atoms with Crippen LogP contribution in [0.5, 0.6) is 0 Å². The summed E-state index contributed by atoms with van der Waals surface area (Å²) in [5.41, 5.74) is 0.504. The lowest BCUT2D eigenvalue weighted by molar-refractivity contribution is -0.384. The van der Waals surface area contributed by atoms with Gasteiger partial charge < -0.3 is 5.32 Å². The van der Waals surface area contributed by atoms with Crippen LogP contribution in [0.15, 0.2) is 58.3 Å². The summed E-state index contributed by atoms with van der Waals surface area (Å²) in [6.07, 6.45) is 2.79. The maximum absolute atomic E-state index is 12.7. The molecule has 1 heterocycles. The highest BCUT2D eigenvalue weighted by atomic mass is 32.2. The number of hydrogen-bond donors (Lipinski definition) is 1. The van der Waals surface area contributed by atoms with E-state index in [1.807, 2.05) is 0 Å². The molecule has 0 aliphatic carbocycles. The van der Waals surface area contributed by atoms with Crippen molar-refractivity contribution in [2.75, 3.05) is 18.4 Å². The first kappa shape index (κ1) is 22.3. The van der Waals surface area contributed by atoms with Gasteiger partial charge in [-0.3, -0.25) is 14.9 Å². The van der Waals surface area contributed by atoms with Gasteiger partial charge in [-0.15, -0.1) is 11.8 Å². The van der Waals surface area contributed by atoms with Crippen molar-refractivity contribution in [1.82, 2.24) is 4.31 Å². The molecule has 10 heteroatoms. The van der Waals surface area contributed by atoms with E-state index in [4.69, 9.17) is 0 Å². The van der Waals surface area contributed by atoms with Crippen molar-refractivity contribution in [1.29, 1.82) is 0 Å². The SMILES string of the molecule is CC(Sc1ccc([N+](=O)[O-])cc1)C(=O)Nc1ccc(S(=O)(=O)N2CCCCC2)cc1. The molecule has 8 nitrogen and oxygen atoms in total. The highest BCUT2D eigenvalue weighted by molar-refractivity contribution is 8.00. The van der Waals surface area contributed by atoms with Gasteiger partial charge in [0.1, 0.15) is 0 Å². The summed E-state index contributed by atoms with van der Waals surface area (Å²) >= 11 is 1.28. The van der Waals surface area contributed by atoms with Crippen LogP contribution in [-0.4, -0.2) is 41.9 Å². The highest BCUT2D eigenvalue weighted by Gasteiger charge is 2.25. The lowest BCUT2D eigenvalue weighted by atomic mass is 10.2. The third-order valence-electron chi connectivity index (χ3n) is 4.80. The first-order valence-electron chi connectivity index (χ1n) is 9.59. The second kappa shape index (κ2) is 9.59. The molecule has 2 aromatic rings. The Morgan fingerprint density at radius 2 is 1.67 bits per heavy atom. The first-order chi connectivity index (χ1) is 14.3. The van der Waals surface area contributed by atoms with Gasteiger partial charge in [-0.05, 0) is 56.2 Å². The Hall–Kier alpha value is -2.43. The van der Waals surface area contributed by atoms with Crippen LogP contribution < -0.4 is 5.32 Å². The van der Waals surface area contributed by atoms with E-state index in [1.54, 1.807) is 31.2 Å². The van der Waals surface area contributed by atoms with Crippen LogP contribution in [0.4, 0.5) is 11.4 Å². The normalized spacial score (nSPS) is 16.0. The molecule has 160 valence electrons. The van der Waals surface area contributed by atoms with Gasteiger partial charge in [-0.25, -0.2) is 8.42 Å². The molecule has 2 aromatic carbocycles. The molecule has 1 unspecified atom stereocenters. The number of sulfonamides is 1. The lowest BCUT2D eigenvalue weighted by Crippen LogP contribution is -2.35. The standard InChI is InChI=1S/C20H23N3O5S2/c1-15(29-18-9-7-17(8-10-18)23(25)26)20(24)21-16-5-11-19(12-6-16)30(27,28)22-13-3-2-4-14-22/h5-12,15H,2-4,13-14H2,1H3,(H,21,24). The number of nitro benzene ring substituents is 1. The second-order valence-electron chi connectivity index (χ2n) is 6.99. The molecule has 0 bridgehead atoms. The van der Waals surface area contributed by atoms with Gasteiger partial charge in [0.05, 0.1) is 15.1 Å². The minimum Gasteiger partial charge on any atom is -0.325 e. The quantitative estimate of drug-likeness (QED) is 0.390. The van der Waals surface area contributed by atoms with E-state index < -0.39 is 20.2 Å².